The average molecular weight is 506 g/mol. The van der Waals surface area contributed by atoms with Gasteiger partial charge in [0.25, 0.3) is 5.91 Å². The van der Waals surface area contributed by atoms with E-state index >= 15 is 0 Å². The molecule has 3 aromatic rings. The van der Waals surface area contributed by atoms with Crippen molar-refractivity contribution in [2.45, 2.75) is 43.9 Å². The van der Waals surface area contributed by atoms with Crippen LogP contribution in [-0.4, -0.2) is 28.1 Å². The van der Waals surface area contributed by atoms with E-state index in [-0.39, 0.29) is 16.7 Å². The number of urea groups is 1. The fourth-order valence-electron chi connectivity index (χ4n) is 4.91. The first-order valence-electron chi connectivity index (χ1n) is 11.6. The highest BCUT2D eigenvalue weighted by atomic mass is 35.5. The number of fused-ring (bicyclic) bond motifs is 2. The molecule has 0 saturated carbocycles. The molecule has 3 aromatic carbocycles. The molecular formula is C28H28ClN3O2S. The maximum Gasteiger partial charge on any atom is 0.323 e. The number of thioether (sulfide) groups is 1. The van der Waals surface area contributed by atoms with Crippen LogP contribution in [0.4, 0.5) is 16.2 Å². The number of aryl methyl sites for hydroxylation is 2. The summed E-state index contributed by atoms with van der Waals surface area (Å²) in [6.45, 7) is 9.03. The monoisotopic (exact) mass is 505 g/mol. The van der Waals surface area contributed by atoms with Gasteiger partial charge in [-0.3, -0.25) is 9.69 Å². The number of nitrogens with one attached hydrogen (secondary N) is 1. The lowest BCUT2D eigenvalue weighted by molar-refractivity contribution is -0.123. The average Bonchev–Trinajstić information content (AvgIpc) is 3.23. The molecule has 5 rings (SSSR count). The fraction of sp³-hybridized carbons (Fsp3) is 0.286. The van der Waals surface area contributed by atoms with Gasteiger partial charge < -0.3 is 10.2 Å². The van der Waals surface area contributed by atoms with Crippen molar-refractivity contribution in [1.29, 1.82) is 0 Å². The lowest BCUT2D eigenvalue weighted by atomic mass is 10.0. The molecule has 0 aromatic heterocycles. The zero-order valence-electron chi connectivity index (χ0n) is 20.3. The predicted octanol–water partition coefficient (Wildman–Crippen LogP) is 6.72. The van der Waals surface area contributed by atoms with Gasteiger partial charge in [0.05, 0.1) is 12.2 Å². The molecule has 0 aliphatic carbocycles. The second-order valence-corrected chi connectivity index (χ2v) is 12.2. The molecule has 2 aliphatic heterocycles. The van der Waals surface area contributed by atoms with E-state index in [9.17, 15) is 9.59 Å². The van der Waals surface area contributed by atoms with Gasteiger partial charge in [0.2, 0.25) is 0 Å². The summed E-state index contributed by atoms with van der Waals surface area (Å²) in [5, 5.41) is 3.58. The van der Waals surface area contributed by atoms with Gasteiger partial charge in [0.1, 0.15) is 0 Å². The molecule has 5 nitrogen and oxygen atoms in total. The SMILES string of the molecule is Cc1ccc(NC(=O)N2CC(C)(C)S[C@]23C(=O)N(Cc2ccccc2)c2ccc(Cl)cc23)cc1C. The van der Waals surface area contributed by atoms with Crippen molar-refractivity contribution in [3.63, 3.8) is 0 Å². The van der Waals surface area contributed by atoms with Crippen molar-refractivity contribution in [3.05, 3.63) is 94.0 Å². The van der Waals surface area contributed by atoms with Crippen molar-refractivity contribution < 1.29 is 9.59 Å². The second-order valence-electron chi connectivity index (χ2n) is 9.86. The highest BCUT2D eigenvalue weighted by Crippen LogP contribution is 2.60. The van der Waals surface area contributed by atoms with Gasteiger partial charge in [-0.1, -0.05) is 48.0 Å². The molecule has 1 fully saturated rings. The molecule has 1 saturated heterocycles. The van der Waals surface area contributed by atoms with E-state index in [1.54, 1.807) is 15.9 Å². The molecule has 0 unspecified atom stereocenters. The van der Waals surface area contributed by atoms with Gasteiger partial charge in [-0.15, -0.1) is 11.8 Å². The number of anilines is 2. The van der Waals surface area contributed by atoms with Gasteiger partial charge in [-0.2, -0.15) is 0 Å². The summed E-state index contributed by atoms with van der Waals surface area (Å²) in [7, 11) is 0. The first-order valence-corrected chi connectivity index (χ1v) is 12.8. The van der Waals surface area contributed by atoms with E-state index in [1.807, 2.05) is 74.5 Å². The topological polar surface area (TPSA) is 52.7 Å². The molecule has 7 heteroatoms. The van der Waals surface area contributed by atoms with Gasteiger partial charge in [-0.05, 0) is 74.7 Å². The number of amides is 3. The number of rotatable bonds is 3. The number of hydrogen-bond acceptors (Lipinski definition) is 3. The Morgan fingerprint density at radius 2 is 1.77 bits per heavy atom. The summed E-state index contributed by atoms with van der Waals surface area (Å²) in [4.78, 5) is 30.3. The van der Waals surface area contributed by atoms with Crippen LogP contribution in [0, 0.1) is 13.8 Å². The quantitative estimate of drug-likeness (QED) is 0.430. The van der Waals surface area contributed by atoms with Crippen LogP contribution in [0.3, 0.4) is 0 Å². The van der Waals surface area contributed by atoms with Crippen molar-refractivity contribution in [2.24, 2.45) is 0 Å². The lowest BCUT2D eigenvalue weighted by Gasteiger charge is -2.33. The van der Waals surface area contributed by atoms with Crippen LogP contribution in [0.25, 0.3) is 0 Å². The summed E-state index contributed by atoms with van der Waals surface area (Å²) in [5.74, 6) is -0.121. The lowest BCUT2D eigenvalue weighted by Crippen LogP contribution is -2.51. The molecule has 2 heterocycles. The third kappa shape index (κ3) is 4.09. The molecule has 0 radical (unpaired) electrons. The Morgan fingerprint density at radius 3 is 2.49 bits per heavy atom. The van der Waals surface area contributed by atoms with E-state index in [0.29, 0.717) is 23.8 Å². The van der Waals surface area contributed by atoms with E-state index in [4.69, 9.17) is 11.6 Å². The fourth-order valence-corrected chi connectivity index (χ4v) is 6.80. The zero-order chi connectivity index (χ0) is 25.0. The van der Waals surface area contributed by atoms with Crippen LogP contribution >= 0.6 is 23.4 Å². The molecule has 35 heavy (non-hydrogen) atoms. The van der Waals surface area contributed by atoms with Crippen molar-refractivity contribution >= 4 is 46.7 Å². The third-order valence-electron chi connectivity index (χ3n) is 6.68. The number of halogens is 1. The molecule has 0 bridgehead atoms. The van der Waals surface area contributed by atoms with Crippen molar-refractivity contribution in [2.75, 3.05) is 16.8 Å². The summed E-state index contributed by atoms with van der Waals surface area (Å²) in [6.07, 6.45) is 0. The molecule has 1 N–H and O–H groups in total. The van der Waals surface area contributed by atoms with Crippen molar-refractivity contribution in [3.8, 4) is 0 Å². The molecular weight excluding hydrogens is 478 g/mol. The summed E-state index contributed by atoms with van der Waals surface area (Å²) < 4.78 is -0.335. The molecule has 1 spiro atoms. The first kappa shape index (κ1) is 23.8. The van der Waals surface area contributed by atoms with Crippen LogP contribution in [0.5, 0.6) is 0 Å². The molecule has 3 amide bonds. The normalized spacial score (nSPS) is 20.4. The summed E-state index contributed by atoms with van der Waals surface area (Å²) in [5.41, 5.74) is 5.53. The minimum Gasteiger partial charge on any atom is -0.308 e. The van der Waals surface area contributed by atoms with E-state index < -0.39 is 4.87 Å². The first-order chi connectivity index (χ1) is 16.6. The highest BCUT2D eigenvalue weighted by Gasteiger charge is 2.63. The number of benzene rings is 3. The van der Waals surface area contributed by atoms with Crippen LogP contribution in [0.15, 0.2) is 66.7 Å². The Balaban J connectivity index is 1.58. The maximum absolute atomic E-state index is 14.3. The van der Waals surface area contributed by atoms with Crippen LogP contribution < -0.4 is 10.2 Å². The van der Waals surface area contributed by atoms with E-state index in [2.05, 4.69) is 19.2 Å². The zero-order valence-corrected chi connectivity index (χ0v) is 21.8. The summed E-state index contributed by atoms with van der Waals surface area (Å²) in [6, 6.07) is 21.0. The Bertz CT molecular complexity index is 1330. The molecule has 2 aliphatic rings. The van der Waals surface area contributed by atoms with Gasteiger partial charge in [0, 0.05) is 27.6 Å². The van der Waals surface area contributed by atoms with Crippen LogP contribution in [0.1, 0.15) is 36.1 Å². The summed E-state index contributed by atoms with van der Waals surface area (Å²) >= 11 is 7.96. The van der Waals surface area contributed by atoms with Crippen LogP contribution in [0.2, 0.25) is 5.02 Å². The second kappa shape index (κ2) is 8.61. The number of hydrogen-bond donors (Lipinski definition) is 1. The minimum absolute atomic E-state index is 0.121. The standard InChI is InChI=1S/C28H28ClN3O2S/c1-18-10-12-22(14-19(18)2)30-26(34)32-17-27(3,4)35-28(32)23-15-21(29)11-13-24(23)31(25(28)33)16-20-8-6-5-7-9-20/h5-15H,16-17H2,1-4H3,(H,30,34)/t28-/m1/s1. The minimum atomic E-state index is -1.19. The smallest absolute Gasteiger partial charge is 0.308 e. The third-order valence-corrected chi connectivity index (χ3v) is 8.51. The Hall–Kier alpha value is -2.96. The molecule has 1 atom stereocenters. The van der Waals surface area contributed by atoms with Crippen molar-refractivity contribution in [1.82, 2.24) is 4.90 Å². The number of nitrogens with zero attached hydrogens (tertiary/aromatic N) is 2. The largest absolute Gasteiger partial charge is 0.323 e. The van der Waals surface area contributed by atoms with Gasteiger partial charge in [0.15, 0.2) is 4.87 Å². The number of carbonyl (C=O) groups is 2. The Labute approximate surface area is 215 Å². The maximum atomic E-state index is 14.3. The predicted molar refractivity (Wildman–Crippen MR) is 144 cm³/mol. The van der Waals surface area contributed by atoms with Gasteiger partial charge in [-0.25, -0.2) is 4.79 Å². The van der Waals surface area contributed by atoms with E-state index in [0.717, 1.165) is 27.9 Å². The van der Waals surface area contributed by atoms with Crippen LogP contribution in [-0.2, 0) is 16.2 Å². The highest BCUT2D eigenvalue weighted by molar-refractivity contribution is 8.02. The van der Waals surface area contributed by atoms with Gasteiger partial charge >= 0.3 is 6.03 Å². The molecule has 180 valence electrons. The Kier molecular flexibility index (Phi) is 5.85. The van der Waals surface area contributed by atoms with E-state index in [1.165, 1.54) is 11.8 Å². The number of carbonyl (C=O) groups excluding carboxylic acids is 2. The Morgan fingerprint density at radius 1 is 1.03 bits per heavy atom.